The van der Waals surface area contributed by atoms with Crippen molar-refractivity contribution in [3.63, 3.8) is 0 Å². The van der Waals surface area contributed by atoms with E-state index in [-0.39, 0.29) is 25.3 Å². The summed E-state index contributed by atoms with van der Waals surface area (Å²) in [6, 6.07) is 6.71. The molecule has 11 heteroatoms. The molecule has 0 bridgehead atoms. The van der Waals surface area contributed by atoms with E-state index in [0.717, 1.165) is 16.7 Å². The van der Waals surface area contributed by atoms with Crippen LogP contribution in [0.2, 0.25) is 0 Å². The highest BCUT2D eigenvalue weighted by Crippen LogP contribution is 2.71. The topological polar surface area (TPSA) is 58.9 Å². The van der Waals surface area contributed by atoms with Gasteiger partial charge in [-0.2, -0.15) is 35.6 Å². The zero-order chi connectivity index (χ0) is 27.7. The molecule has 5 rings (SSSR count). The van der Waals surface area contributed by atoms with Gasteiger partial charge < -0.3 is 9.84 Å². The fourth-order valence-corrected chi connectivity index (χ4v) is 7.62. The monoisotopic (exact) mass is 547 g/mol. The second-order valence-electron chi connectivity index (χ2n) is 11.2. The molecular formula is C27H28F7NO3. The molecule has 4 nitrogen and oxygen atoms in total. The lowest BCUT2D eigenvalue weighted by molar-refractivity contribution is -0.400. The maximum Gasteiger partial charge on any atom is 0.459 e. The SMILES string of the molecule is C[C@]12CC(c3ccc(CN=O)cc3)C3=C4CCOC=C4CCC3C1CCC2(O)C(F)(F)C(F)(F)C(F)(F)F. The van der Waals surface area contributed by atoms with Crippen molar-refractivity contribution in [1.29, 1.82) is 0 Å². The molecule has 208 valence electrons. The first kappa shape index (κ1) is 27.1. The summed E-state index contributed by atoms with van der Waals surface area (Å²) < 4.78 is 104. The first-order valence-corrected chi connectivity index (χ1v) is 12.7. The lowest BCUT2D eigenvalue weighted by atomic mass is 9.50. The van der Waals surface area contributed by atoms with Crippen LogP contribution >= 0.6 is 0 Å². The smallest absolute Gasteiger partial charge is 0.459 e. The normalized spacial score (nSPS) is 33.6. The van der Waals surface area contributed by atoms with Crippen molar-refractivity contribution in [2.75, 3.05) is 6.61 Å². The predicted octanol–water partition coefficient (Wildman–Crippen LogP) is 7.43. The van der Waals surface area contributed by atoms with Crippen LogP contribution in [0.25, 0.3) is 0 Å². The van der Waals surface area contributed by atoms with Crippen molar-refractivity contribution >= 4 is 0 Å². The molecule has 3 aliphatic carbocycles. The molecule has 1 aromatic rings. The Morgan fingerprint density at radius 3 is 2.37 bits per heavy atom. The van der Waals surface area contributed by atoms with E-state index >= 15 is 8.78 Å². The Labute approximate surface area is 214 Å². The van der Waals surface area contributed by atoms with E-state index in [4.69, 9.17) is 4.74 Å². The van der Waals surface area contributed by atoms with E-state index < -0.39 is 47.3 Å². The van der Waals surface area contributed by atoms with E-state index in [9.17, 15) is 32.0 Å². The second kappa shape index (κ2) is 8.79. The van der Waals surface area contributed by atoms with Gasteiger partial charge >= 0.3 is 18.0 Å². The summed E-state index contributed by atoms with van der Waals surface area (Å²) in [6.45, 7) is 1.58. The van der Waals surface area contributed by atoms with Crippen molar-refractivity contribution in [2.45, 2.75) is 81.5 Å². The summed E-state index contributed by atoms with van der Waals surface area (Å²) >= 11 is 0. The van der Waals surface area contributed by atoms with Crippen molar-refractivity contribution in [3.8, 4) is 0 Å². The third-order valence-electron chi connectivity index (χ3n) is 9.52. The molecular weight excluding hydrogens is 519 g/mol. The molecule has 0 radical (unpaired) electrons. The molecule has 0 amide bonds. The molecule has 38 heavy (non-hydrogen) atoms. The molecule has 0 saturated heterocycles. The van der Waals surface area contributed by atoms with Gasteiger partial charge in [0.05, 0.1) is 12.9 Å². The van der Waals surface area contributed by atoms with Crippen LogP contribution in [0.1, 0.15) is 62.5 Å². The van der Waals surface area contributed by atoms with Gasteiger partial charge in [0.2, 0.25) is 0 Å². The van der Waals surface area contributed by atoms with E-state index in [1.807, 2.05) is 0 Å². The number of nitrogens with zero attached hydrogens (tertiary/aromatic N) is 1. The maximum atomic E-state index is 15.4. The van der Waals surface area contributed by atoms with Gasteiger partial charge in [0, 0.05) is 17.8 Å². The largest absolute Gasteiger partial charge is 0.501 e. The van der Waals surface area contributed by atoms with Crippen LogP contribution < -0.4 is 0 Å². The third-order valence-corrected chi connectivity index (χ3v) is 9.52. The molecule has 0 aromatic heterocycles. The quantitative estimate of drug-likeness (QED) is 0.308. The Balaban J connectivity index is 1.66. The molecule has 2 saturated carbocycles. The van der Waals surface area contributed by atoms with E-state index in [1.54, 1.807) is 30.5 Å². The number of nitroso groups, excluding NO2 is 1. The van der Waals surface area contributed by atoms with Crippen molar-refractivity contribution in [2.24, 2.45) is 22.4 Å². The molecule has 4 unspecified atom stereocenters. The van der Waals surface area contributed by atoms with Crippen LogP contribution in [0.5, 0.6) is 0 Å². The van der Waals surface area contributed by atoms with Crippen LogP contribution in [0.15, 0.2) is 52.4 Å². The number of hydrogen-bond acceptors (Lipinski definition) is 4. The summed E-state index contributed by atoms with van der Waals surface area (Å²) in [7, 11) is 0. The first-order valence-electron chi connectivity index (χ1n) is 12.7. The first-order chi connectivity index (χ1) is 17.7. The molecule has 4 aliphatic rings. The lowest BCUT2D eigenvalue weighted by Gasteiger charge is -2.56. The van der Waals surface area contributed by atoms with Crippen molar-refractivity contribution < 1.29 is 40.6 Å². The van der Waals surface area contributed by atoms with Gasteiger partial charge in [0.25, 0.3) is 0 Å². The number of hydrogen-bond donors (Lipinski definition) is 1. The standard InChI is InChI=1S/C27H28F7NO3/c1-23-12-20(16-4-2-15(3-5-16)13-35-37)22-18-9-11-38-14-17(18)6-7-19(22)21(23)8-10-24(23,36)25(28,29)26(30,31)27(32,33)34/h2-5,14,19-21,36H,6-13H2,1H3/t19?,20?,21?,23-,24?/m0/s1. The van der Waals surface area contributed by atoms with Crippen LogP contribution in [0.3, 0.4) is 0 Å². The number of halogens is 7. The molecule has 1 aliphatic heterocycles. The lowest BCUT2D eigenvalue weighted by Crippen LogP contribution is -2.69. The molecule has 2 fully saturated rings. The molecule has 1 aromatic carbocycles. The van der Waals surface area contributed by atoms with Crippen LogP contribution in [-0.4, -0.2) is 35.3 Å². The van der Waals surface area contributed by atoms with Gasteiger partial charge in [0.1, 0.15) is 12.1 Å². The Morgan fingerprint density at radius 2 is 1.74 bits per heavy atom. The Bertz CT molecular complexity index is 1180. The van der Waals surface area contributed by atoms with Crippen LogP contribution in [0, 0.1) is 22.2 Å². The number of allylic oxidation sites excluding steroid dienone is 2. The van der Waals surface area contributed by atoms with Gasteiger partial charge in [-0.05, 0) is 66.2 Å². The third kappa shape index (κ3) is 3.59. The summed E-state index contributed by atoms with van der Waals surface area (Å²) in [5.41, 5.74) is -1.29. The molecule has 1 heterocycles. The Kier molecular flexibility index (Phi) is 6.28. The number of rotatable bonds is 5. The Hall–Kier alpha value is -2.43. The zero-order valence-corrected chi connectivity index (χ0v) is 20.6. The summed E-state index contributed by atoms with van der Waals surface area (Å²) in [4.78, 5) is 10.7. The van der Waals surface area contributed by atoms with Gasteiger partial charge in [0.15, 0.2) is 0 Å². The average molecular weight is 548 g/mol. The number of aliphatic hydroxyl groups is 1. The number of alkyl halides is 7. The van der Waals surface area contributed by atoms with Crippen molar-refractivity contribution in [3.05, 3.63) is 63.3 Å². The summed E-state index contributed by atoms with van der Waals surface area (Å²) in [5.74, 6) is -13.8. The molecule has 0 spiro atoms. The molecule has 5 atom stereocenters. The average Bonchev–Trinajstić information content (AvgIpc) is 3.15. The highest BCUT2D eigenvalue weighted by molar-refractivity contribution is 5.48. The minimum atomic E-state index is -6.53. The van der Waals surface area contributed by atoms with Gasteiger partial charge in [-0.15, -0.1) is 0 Å². The minimum Gasteiger partial charge on any atom is -0.501 e. The highest BCUT2D eigenvalue weighted by Gasteiger charge is 2.84. The molecule has 1 N–H and O–H groups in total. The number of ether oxygens (including phenoxy) is 1. The highest BCUT2D eigenvalue weighted by atomic mass is 19.4. The van der Waals surface area contributed by atoms with E-state index in [2.05, 4.69) is 5.18 Å². The zero-order valence-electron chi connectivity index (χ0n) is 20.6. The Morgan fingerprint density at radius 1 is 1.05 bits per heavy atom. The summed E-state index contributed by atoms with van der Waals surface area (Å²) in [5, 5.41) is 14.2. The number of fused-ring (bicyclic) bond motifs is 4. The maximum absolute atomic E-state index is 15.4. The second-order valence-corrected chi connectivity index (χ2v) is 11.2. The number of benzene rings is 1. The van der Waals surface area contributed by atoms with Gasteiger partial charge in [-0.1, -0.05) is 41.9 Å². The fraction of sp³-hybridized carbons (Fsp3) is 0.630. The van der Waals surface area contributed by atoms with Gasteiger partial charge in [-0.25, -0.2) is 0 Å². The van der Waals surface area contributed by atoms with Gasteiger partial charge in [-0.3, -0.25) is 0 Å². The van der Waals surface area contributed by atoms with E-state index in [1.165, 1.54) is 6.92 Å². The fourth-order valence-electron chi connectivity index (χ4n) is 7.62. The van der Waals surface area contributed by atoms with Crippen LogP contribution in [-0.2, 0) is 11.3 Å². The van der Waals surface area contributed by atoms with Crippen LogP contribution in [0.4, 0.5) is 30.7 Å². The predicted molar refractivity (Wildman–Crippen MR) is 123 cm³/mol. The van der Waals surface area contributed by atoms with Crippen molar-refractivity contribution in [1.82, 2.24) is 0 Å². The van der Waals surface area contributed by atoms with E-state index in [0.29, 0.717) is 37.0 Å². The minimum absolute atomic E-state index is 0.0793. The summed E-state index contributed by atoms with van der Waals surface area (Å²) in [6.07, 6.45) is -4.44.